The summed E-state index contributed by atoms with van der Waals surface area (Å²) in [5, 5.41) is 50.4. The van der Waals surface area contributed by atoms with Crippen molar-refractivity contribution in [3.63, 3.8) is 0 Å². The lowest BCUT2D eigenvalue weighted by Crippen LogP contribution is -2.36. The molecule has 34 heavy (non-hydrogen) atoms. The molecule has 0 amide bonds. The van der Waals surface area contributed by atoms with Crippen LogP contribution in [0.1, 0.15) is 28.9 Å². The number of benzene rings is 3. The average Bonchev–Trinajstić information content (AvgIpc) is 2.83. The van der Waals surface area contributed by atoms with Crippen LogP contribution in [0.2, 0.25) is 0 Å². The maximum absolute atomic E-state index is 10.7. The number of phenols is 3. The van der Waals surface area contributed by atoms with Crippen molar-refractivity contribution in [2.24, 2.45) is 0 Å². The molecule has 9 nitrogen and oxygen atoms in total. The van der Waals surface area contributed by atoms with E-state index >= 15 is 0 Å². The van der Waals surface area contributed by atoms with Gasteiger partial charge in [0.15, 0.2) is 35.2 Å². The summed E-state index contributed by atoms with van der Waals surface area (Å²) < 4.78 is 23.3. The fraction of sp³-hybridized carbons (Fsp3) is 0.280. The Morgan fingerprint density at radius 2 is 1.56 bits per heavy atom. The number of rotatable bonds is 4. The number of methoxy groups -OCH3 is 1. The van der Waals surface area contributed by atoms with Gasteiger partial charge in [0.1, 0.15) is 23.4 Å². The molecule has 3 aromatic rings. The summed E-state index contributed by atoms with van der Waals surface area (Å²) in [6.07, 6.45) is -2.96. The number of hydrogen-bond acceptors (Lipinski definition) is 9. The van der Waals surface area contributed by atoms with Crippen LogP contribution in [-0.2, 0) is 6.42 Å². The van der Waals surface area contributed by atoms with Gasteiger partial charge in [0.05, 0.1) is 19.8 Å². The molecule has 2 aliphatic rings. The number of hydrogen-bond donors (Lipinski definition) is 5. The minimum atomic E-state index is -0.951. The molecule has 0 aliphatic carbocycles. The van der Waals surface area contributed by atoms with Gasteiger partial charge >= 0.3 is 0 Å². The molecule has 0 fully saturated rings. The SMILES string of the molecule is COc1cc([C@H]2Oc3cc(C4Oc5cc(O)cc(O)c5C[C@@H]4O)ccc3O[C@@H]2CO)ccc1O. The van der Waals surface area contributed by atoms with E-state index in [0.717, 1.165) is 0 Å². The van der Waals surface area contributed by atoms with Gasteiger partial charge in [0, 0.05) is 29.7 Å². The van der Waals surface area contributed by atoms with Gasteiger partial charge in [-0.3, -0.25) is 0 Å². The number of aromatic hydroxyl groups is 3. The zero-order chi connectivity index (χ0) is 24.0. The van der Waals surface area contributed by atoms with Crippen molar-refractivity contribution >= 4 is 0 Å². The summed E-state index contributed by atoms with van der Waals surface area (Å²) in [7, 11) is 1.44. The predicted octanol–water partition coefficient (Wildman–Crippen LogP) is 2.72. The highest BCUT2D eigenvalue weighted by atomic mass is 16.6. The third kappa shape index (κ3) is 3.78. The van der Waals surface area contributed by atoms with Crippen molar-refractivity contribution in [1.29, 1.82) is 0 Å². The standard InChI is InChI=1S/C25H24O9/c1-31-21-6-13(2-4-16(21)28)25-23(11-26)32-19-5-3-12(7-22(19)34-25)24-18(30)10-15-17(29)8-14(27)9-20(15)33-24/h2-9,18,23-30H,10-11H2,1H3/t18-,23+,24?,25+/m0/s1. The Bertz CT molecular complexity index is 1230. The number of aliphatic hydroxyl groups is 2. The molecule has 3 aromatic carbocycles. The van der Waals surface area contributed by atoms with E-state index < -0.39 is 24.4 Å². The molecule has 1 unspecified atom stereocenters. The maximum atomic E-state index is 10.7. The second kappa shape index (κ2) is 8.51. The number of phenolic OH excluding ortho intramolecular Hbond substituents is 3. The Kier molecular flexibility index (Phi) is 5.51. The van der Waals surface area contributed by atoms with Gasteiger partial charge in [-0.15, -0.1) is 0 Å². The van der Waals surface area contributed by atoms with E-state index in [2.05, 4.69) is 0 Å². The van der Waals surface area contributed by atoms with E-state index in [1.165, 1.54) is 25.3 Å². The molecule has 5 rings (SSSR count). The lowest BCUT2D eigenvalue weighted by Gasteiger charge is -2.35. The van der Waals surface area contributed by atoms with Crippen LogP contribution >= 0.6 is 0 Å². The van der Waals surface area contributed by atoms with Crippen molar-refractivity contribution in [3.8, 4) is 40.2 Å². The highest BCUT2D eigenvalue weighted by molar-refractivity contribution is 5.53. The molecule has 4 atom stereocenters. The molecular weight excluding hydrogens is 444 g/mol. The van der Waals surface area contributed by atoms with Crippen molar-refractivity contribution < 1.29 is 44.5 Å². The first-order valence-electron chi connectivity index (χ1n) is 10.7. The van der Waals surface area contributed by atoms with Crippen molar-refractivity contribution in [2.45, 2.75) is 30.8 Å². The Labute approximate surface area is 195 Å². The maximum Gasteiger partial charge on any atom is 0.163 e. The summed E-state index contributed by atoms with van der Waals surface area (Å²) >= 11 is 0. The lowest BCUT2D eigenvalue weighted by molar-refractivity contribution is -0.0133. The van der Waals surface area contributed by atoms with Crippen LogP contribution in [0, 0.1) is 0 Å². The highest BCUT2D eigenvalue weighted by Crippen LogP contribution is 2.45. The van der Waals surface area contributed by atoms with Crippen molar-refractivity contribution in [1.82, 2.24) is 0 Å². The zero-order valence-corrected chi connectivity index (χ0v) is 18.2. The van der Waals surface area contributed by atoms with Gasteiger partial charge in [-0.05, 0) is 29.8 Å². The summed E-state index contributed by atoms with van der Waals surface area (Å²) in [6.45, 7) is -0.302. The molecule has 9 heteroatoms. The first-order valence-corrected chi connectivity index (χ1v) is 10.7. The Balaban J connectivity index is 1.46. The van der Waals surface area contributed by atoms with Gasteiger partial charge in [0.2, 0.25) is 0 Å². The van der Waals surface area contributed by atoms with Crippen molar-refractivity contribution in [3.05, 3.63) is 65.2 Å². The van der Waals surface area contributed by atoms with E-state index in [9.17, 15) is 25.5 Å². The Morgan fingerprint density at radius 1 is 0.824 bits per heavy atom. The number of ether oxygens (including phenoxy) is 4. The van der Waals surface area contributed by atoms with Gasteiger partial charge in [-0.2, -0.15) is 0 Å². The molecule has 5 N–H and O–H groups in total. The normalized spacial score (nSPS) is 23.0. The third-order valence-corrected chi connectivity index (χ3v) is 6.07. The molecule has 0 aromatic heterocycles. The van der Waals surface area contributed by atoms with E-state index in [-0.39, 0.29) is 41.8 Å². The third-order valence-electron chi connectivity index (χ3n) is 6.07. The fourth-order valence-electron chi connectivity index (χ4n) is 4.36. The zero-order valence-electron chi connectivity index (χ0n) is 18.2. The van der Waals surface area contributed by atoms with Crippen LogP contribution in [0.15, 0.2) is 48.5 Å². The van der Waals surface area contributed by atoms with Crippen LogP contribution in [-0.4, -0.2) is 51.5 Å². The van der Waals surface area contributed by atoms with Crippen LogP contribution in [0.3, 0.4) is 0 Å². The first kappa shape index (κ1) is 22.0. The number of fused-ring (bicyclic) bond motifs is 2. The molecule has 0 radical (unpaired) electrons. The molecule has 0 saturated carbocycles. The van der Waals surface area contributed by atoms with Gasteiger partial charge in [-0.25, -0.2) is 0 Å². The minimum Gasteiger partial charge on any atom is -0.508 e. The monoisotopic (exact) mass is 468 g/mol. The molecular formula is C25H24O9. The van der Waals surface area contributed by atoms with E-state index in [1.807, 2.05) is 0 Å². The van der Waals surface area contributed by atoms with E-state index in [1.54, 1.807) is 30.3 Å². The predicted molar refractivity (Wildman–Crippen MR) is 119 cm³/mol. The largest absolute Gasteiger partial charge is 0.508 e. The molecule has 2 aliphatic heterocycles. The minimum absolute atomic E-state index is 0.0213. The molecule has 178 valence electrons. The average molecular weight is 468 g/mol. The number of aliphatic hydroxyl groups excluding tert-OH is 2. The molecule has 0 bridgehead atoms. The van der Waals surface area contributed by atoms with Crippen LogP contribution in [0.5, 0.6) is 40.2 Å². The smallest absolute Gasteiger partial charge is 0.163 e. The van der Waals surface area contributed by atoms with E-state index in [0.29, 0.717) is 28.2 Å². The molecule has 2 heterocycles. The first-order chi connectivity index (χ1) is 16.4. The van der Waals surface area contributed by atoms with Gasteiger partial charge in [0.25, 0.3) is 0 Å². The Morgan fingerprint density at radius 3 is 2.32 bits per heavy atom. The molecule has 0 spiro atoms. The van der Waals surface area contributed by atoms with Crippen LogP contribution in [0.25, 0.3) is 0 Å². The summed E-state index contributed by atoms with van der Waals surface area (Å²) in [5.41, 5.74) is 1.66. The summed E-state index contributed by atoms with van der Waals surface area (Å²) in [4.78, 5) is 0. The second-order valence-corrected chi connectivity index (χ2v) is 8.27. The second-order valence-electron chi connectivity index (χ2n) is 8.27. The van der Waals surface area contributed by atoms with Crippen LogP contribution < -0.4 is 18.9 Å². The van der Waals surface area contributed by atoms with Gasteiger partial charge in [-0.1, -0.05) is 12.1 Å². The fourth-order valence-corrected chi connectivity index (χ4v) is 4.36. The van der Waals surface area contributed by atoms with Crippen molar-refractivity contribution in [2.75, 3.05) is 13.7 Å². The Hall–Kier alpha value is -3.82. The van der Waals surface area contributed by atoms with E-state index in [4.69, 9.17) is 18.9 Å². The summed E-state index contributed by atoms with van der Waals surface area (Å²) in [6, 6.07) is 12.4. The summed E-state index contributed by atoms with van der Waals surface area (Å²) in [5.74, 6) is 1.06. The topological polar surface area (TPSA) is 138 Å². The lowest BCUT2D eigenvalue weighted by atomic mass is 9.93. The highest BCUT2D eigenvalue weighted by Gasteiger charge is 2.36. The molecule has 0 saturated heterocycles. The quantitative estimate of drug-likeness (QED) is 0.391. The van der Waals surface area contributed by atoms with Gasteiger partial charge < -0.3 is 44.5 Å². The van der Waals surface area contributed by atoms with Crippen LogP contribution in [0.4, 0.5) is 0 Å².